The summed E-state index contributed by atoms with van der Waals surface area (Å²) in [5, 5.41) is 0. The first-order chi connectivity index (χ1) is 11.7. The van der Waals surface area contributed by atoms with Crippen molar-refractivity contribution in [3.63, 3.8) is 0 Å². The molecule has 132 valence electrons. The molecule has 3 heteroatoms. The van der Waals surface area contributed by atoms with Gasteiger partial charge in [0.15, 0.2) is 0 Å². The van der Waals surface area contributed by atoms with Crippen molar-refractivity contribution >= 4 is 11.8 Å². The summed E-state index contributed by atoms with van der Waals surface area (Å²) in [6.45, 7) is 7.22. The molecule has 2 aromatic carbocycles. The molecule has 0 spiro atoms. The Kier molecular flexibility index (Phi) is 6.13. The first-order valence-corrected chi connectivity index (χ1v) is 8.63. The average molecular weight is 338 g/mol. The lowest BCUT2D eigenvalue weighted by Gasteiger charge is -2.22. The number of ether oxygens (including phenoxy) is 1. The molecular formula is C22H26O3. The van der Waals surface area contributed by atoms with Crippen molar-refractivity contribution < 1.29 is 14.3 Å². The van der Waals surface area contributed by atoms with Gasteiger partial charge in [-0.15, -0.1) is 0 Å². The van der Waals surface area contributed by atoms with E-state index >= 15 is 0 Å². The summed E-state index contributed by atoms with van der Waals surface area (Å²) in [7, 11) is 0. The van der Waals surface area contributed by atoms with Gasteiger partial charge >= 0.3 is 5.97 Å². The molecular weight excluding hydrogens is 312 g/mol. The van der Waals surface area contributed by atoms with Gasteiger partial charge in [-0.25, -0.2) is 0 Å². The molecule has 0 aromatic heterocycles. The van der Waals surface area contributed by atoms with E-state index in [1.807, 2.05) is 63.2 Å². The number of carbonyl (C=O) groups excluding carboxylic acids is 2. The van der Waals surface area contributed by atoms with Crippen LogP contribution in [-0.4, -0.2) is 17.4 Å². The molecule has 0 saturated carbocycles. The van der Waals surface area contributed by atoms with Crippen molar-refractivity contribution in [2.45, 2.75) is 46.1 Å². The minimum absolute atomic E-state index is 0.0471. The Balaban J connectivity index is 1.91. The Morgan fingerprint density at radius 1 is 0.920 bits per heavy atom. The molecule has 0 aliphatic rings. The van der Waals surface area contributed by atoms with Crippen molar-refractivity contribution in [2.75, 3.05) is 0 Å². The van der Waals surface area contributed by atoms with Gasteiger partial charge in [0.05, 0.1) is 5.92 Å². The Bertz CT molecular complexity index is 709. The molecule has 0 saturated heterocycles. The molecule has 3 nitrogen and oxygen atoms in total. The maximum absolute atomic E-state index is 12.2. The van der Waals surface area contributed by atoms with Gasteiger partial charge in [0, 0.05) is 12.8 Å². The smallest absolute Gasteiger partial charge is 0.309 e. The zero-order valence-corrected chi connectivity index (χ0v) is 15.4. The highest BCUT2D eigenvalue weighted by molar-refractivity contribution is 5.86. The molecule has 1 atom stereocenters. The standard InChI is InChI=1S/C22H26O3/c1-16(21(24)25-22(2,3)4)14-20(23)15-17-10-12-19(13-11-17)18-8-6-5-7-9-18/h5-13,16H,14-15H2,1-4H3/t16-/m1/s1. The third-order valence-corrected chi connectivity index (χ3v) is 3.81. The lowest BCUT2D eigenvalue weighted by atomic mass is 9.98. The molecule has 0 N–H and O–H groups in total. The zero-order chi connectivity index (χ0) is 18.4. The van der Waals surface area contributed by atoms with Crippen LogP contribution in [0.15, 0.2) is 54.6 Å². The van der Waals surface area contributed by atoms with Crippen LogP contribution in [0.4, 0.5) is 0 Å². The zero-order valence-electron chi connectivity index (χ0n) is 15.4. The maximum Gasteiger partial charge on any atom is 0.309 e. The van der Waals surface area contributed by atoms with Crippen molar-refractivity contribution in [3.05, 3.63) is 60.2 Å². The van der Waals surface area contributed by atoms with Crippen LogP contribution in [0, 0.1) is 5.92 Å². The Hall–Kier alpha value is -2.42. The quantitative estimate of drug-likeness (QED) is 0.708. The molecule has 25 heavy (non-hydrogen) atoms. The van der Waals surface area contributed by atoms with Crippen molar-refractivity contribution in [1.82, 2.24) is 0 Å². The first kappa shape index (κ1) is 18.9. The van der Waals surface area contributed by atoms with Gasteiger partial charge in [0.1, 0.15) is 11.4 Å². The monoisotopic (exact) mass is 338 g/mol. The highest BCUT2D eigenvalue weighted by Gasteiger charge is 2.23. The molecule has 0 radical (unpaired) electrons. The SMILES string of the molecule is C[C@H](CC(=O)Cc1ccc(-c2ccccc2)cc1)C(=O)OC(C)(C)C. The summed E-state index contributed by atoms with van der Waals surface area (Å²) in [6, 6.07) is 18.1. The van der Waals surface area contributed by atoms with E-state index in [4.69, 9.17) is 4.74 Å². The number of carbonyl (C=O) groups is 2. The summed E-state index contributed by atoms with van der Waals surface area (Å²) in [4.78, 5) is 24.2. The third-order valence-electron chi connectivity index (χ3n) is 3.81. The molecule has 0 fully saturated rings. The minimum atomic E-state index is -0.526. The van der Waals surface area contributed by atoms with Crippen molar-refractivity contribution in [1.29, 1.82) is 0 Å². The fourth-order valence-corrected chi connectivity index (χ4v) is 2.57. The highest BCUT2D eigenvalue weighted by atomic mass is 16.6. The van der Waals surface area contributed by atoms with E-state index in [0.29, 0.717) is 6.42 Å². The van der Waals surface area contributed by atoms with Crippen molar-refractivity contribution in [3.8, 4) is 11.1 Å². The molecule has 0 aliphatic heterocycles. The summed E-state index contributed by atoms with van der Waals surface area (Å²) < 4.78 is 5.32. The summed E-state index contributed by atoms with van der Waals surface area (Å²) in [6.07, 6.45) is 0.539. The normalized spacial score (nSPS) is 12.5. The van der Waals surface area contributed by atoms with E-state index in [-0.39, 0.29) is 18.2 Å². The Morgan fingerprint density at radius 3 is 2.04 bits per heavy atom. The predicted octanol–water partition coefficient (Wildman–Crippen LogP) is 4.83. The Labute approximate surface area is 150 Å². The van der Waals surface area contributed by atoms with E-state index in [0.717, 1.165) is 16.7 Å². The van der Waals surface area contributed by atoms with Gasteiger partial charge in [-0.1, -0.05) is 61.5 Å². The topological polar surface area (TPSA) is 43.4 Å². The van der Waals surface area contributed by atoms with Gasteiger partial charge in [-0.3, -0.25) is 9.59 Å². The lowest BCUT2D eigenvalue weighted by Crippen LogP contribution is -2.28. The second-order valence-electron chi connectivity index (χ2n) is 7.42. The number of rotatable bonds is 6. The number of ketones is 1. The fourth-order valence-electron chi connectivity index (χ4n) is 2.57. The van der Waals surface area contributed by atoms with E-state index in [1.54, 1.807) is 6.92 Å². The maximum atomic E-state index is 12.2. The third kappa shape index (κ3) is 6.18. The van der Waals surface area contributed by atoms with Crippen LogP contribution in [0.2, 0.25) is 0 Å². The molecule has 0 unspecified atom stereocenters. The van der Waals surface area contributed by atoms with Gasteiger partial charge in [0.25, 0.3) is 0 Å². The van der Waals surface area contributed by atoms with Crippen LogP contribution in [0.1, 0.15) is 39.7 Å². The van der Waals surface area contributed by atoms with Crippen LogP contribution in [-0.2, 0) is 20.7 Å². The van der Waals surface area contributed by atoms with Crippen LogP contribution < -0.4 is 0 Å². The van der Waals surface area contributed by atoms with Crippen LogP contribution >= 0.6 is 0 Å². The molecule has 0 amide bonds. The molecule has 2 aromatic rings. The van der Waals surface area contributed by atoms with Gasteiger partial charge in [0.2, 0.25) is 0 Å². The summed E-state index contributed by atoms with van der Waals surface area (Å²) in [5.74, 6) is -0.693. The van der Waals surface area contributed by atoms with Gasteiger partial charge in [-0.2, -0.15) is 0 Å². The summed E-state index contributed by atoms with van der Waals surface area (Å²) in [5.41, 5.74) is 2.71. The second kappa shape index (κ2) is 8.11. The number of Topliss-reactive ketones (excluding diaryl/α,β-unsaturated/α-hetero) is 1. The van der Waals surface area contributed by atoms with E-state index in [1.165, 1.54) is 0 Å². The minimum Gasteiger partial charge on any atom is -0.460 e. The Morgan fingerprint density at radius 2 is 1.48 bits per heavy atom. The molecule has 2 rings (SSSR count). The van der Waals surface area contributed by atoms with E-state index < -0.39 is 11.5 Å². The van der Waals surface area contributed by atoms with Crippen molar-refractivity contribution in [2.24, 2.45) is 5.92 Å². The number of benzene rings is 2. The van der Waals surface area contributed by atoms with Gasteiger partial charge < -0.3 is 4.74 Å². The predicted molar refractivity (Wildman–Crippen MR) is 100 cm³/mol. The molecule has 0 bridgehead atoms. The average Bonchev–Trinajstić information content (AvgIpc) is 2.54. The van der Waals surface area contributed by atoms with Crippen LogP contribution in [0.3, 0.4) is 0 Å². The largest absolute Gasteiger partial charge is 0.460 e. The summed E-state index contributed by atoms with van der Waals surface area (Å²) >= 11 is 0. The lowest BCUT2D eigenvalue weighted by molar-refractivity contribution is -0.160. The van der Waals surface area contributed by atoms with Gasteiger partial charge in [-0.05, 0) is 37.5 Å². The number of hydrogen-bond acceptors (Lipinski definition) is 3. The number of esters is 1. The highest BCUT2D eigenvalue weighted by Crippen LogP contribution is 2.20. The van der Waals surface area contributed by atoms with E-state index in [2.05, 4.69) is 12.1 Å². The molecule has 0 aliphatic carbocycles. The van der Waals surface area contributed by atoms with Crippen LogP contribution in [0.5, 0.6) is 0 Å². The fraction of sp³-hybridized carbons (Fsp3) is 0.364. The second-order valence-corrected chi connectivity index (χ2v) is 7.42. The van der Waals surface area contributed by atoms with Crippen LogP contribution in [0.25, 0.3) is 11.1 Å². The first-order valence-electron chi connectivity index (χ1n) is 8.63. The molecule has 0 heterocycles. The number of hydrogen-bond donors (Lipinski definition) is 0. The van der Waals surface area contributed by atoms with E-state index in [9.17, 15) is 9.59 Å².